The Kier molecular flexibility index (Phi) is 7.63. The summed E-state index contributed by atoms with van der Waals surface area (Å²) in [6.45, 7) is 2.48. The molecular formula is C26H19N3O5S2. The van der Waals surface area contributed by atoms with E-state index in [-0.39, 0.29) is 18.2 Å². The van der Waals surface area contributed by atoms with E-state index < -0.39 is 4.92 Å². The molecule has 0 N–H and O–H groups in total. The summed E-state index contributed by atoms with van der Waals surface area (Å²) in [7, 11) is 0. The number of nitro benzene ring substituents is 1. The van der Waals surface area contributed by atoms with Crippen molar-refractivity contribution in [2.24, 2.45) is 0 Å². The van der Waals surface area contributed by atoms with E-state index >= 15 is 0 Å². The van der Waals surface area contributed by atoms with E-state index in [0.29, 0.717) is 44.1 Å². The first kappa shape index (κ1) is 24.9. The molecule has 1 aliphatic rings. The van der Waals surface area contributed by atoms with Crippen LogP contribution in [0.5, 0.6) is 11.5 Å². The second-order valence-electron chi connectivity index (χ2n) is 7.49. The van der Waals surface area contributed by atoms with Gasteiger partial charge in [0.1, 0.15) is 6.61 Å². The van der Waals surface area contributed by atoms with Crippen LogP contribution in [0.1, 0.15) is 23.6 Å². The fraction of sp³-hybridized carbons (Fsp3) is 0.115. The van der Waals surface area contributed by atoms with Crippen LogP contribution in [-0.4, -0.2) is 21.8 Å². The summed E-state index contributed by atoms with van der Waals surface area (Å²) in [4.78, 5) is 25.2. The van der Waals surface area contributed by atoms with Crippen LogP contribution in [0, 0.1) is 21.4 Å². The number of hydrogen-bond donors (Lipinski definition) is 0. The number of anilines is 1. The van der Waals surface area contributed by atoms with Crippen molar-refractivity contribution in [3.05, 3.63) is 98.4 Å². The smallest absolute Gasteiger partial charge is 0.270 e. The normalized spacial score (nSPS) is 14.1. The number of nitro groups is 1. The summed E-state index contributed by atoms with van der Waals surface area (Å²) >= 11 is 6.54. The number of rotatable bonds is 8. The third kappa shape index (κ3) is 5.38. The lowest BCUT2D eigenvalue weighted by molar-refractivity contribution is -0.384. The molecule has 3 aromatic rings. The van der Waals surface area contributed by atoms with E-state index in [1.54, 1.807) is 36.4 Å². The molecule has 0 spiro atoms. The van der Waals surface area contributed by atoms with Gasteiger partial charge in [-0.3, -0.25) is 19.8 Å². The van der Waals surface area contributed by atoms with E-state index in [2.05, 4.69) is 6.07 Å². The number of nitrogens with zero attached hydrogens (tertiary/aromatic N) is 3. The molecule has 1 heterocycles. The lowest BCUT2D eigenvalue weighted by atomic mass is 10.1. The van der Waals surface area contributed by atoms with Gasteiger partial charge in [-0.05, 0) is 48.9 Å². The molecule has 0 radical (unpaired) electrons. The number of benzene rings is 3. The summed E-state index contributed by atoms with van der Waals surface area (Å²) in [5.41, 5.74) is 2.42. The molecule has 8 nitrogen and oxygen atoms in total. The number of nitriles is 1. The maximum absolute atomic E-state index is 13.1. The highest BCUT2D eigenvalue weighted by molar-refractivity contribution is 8.27. The highest BCUT2D eigenvalue weighted by Crippen LogP contribution is 2.38. The second-order valence-corrected chi connectivity index (χ2v) is 9.16. The van der Waals surface area contributed by atoms with Gasteiger partial charge in [0.25, 0.3) is 11.6 Å². The first-order valence-corrected chi connectivity index (χ1v) is 12.0. The fourth-order valence-corrected chi connectivity index (χ4v) is 4.78. The minimum absolute atomic E-state index is 0.0680. The van der Waals surface area contributed by atoms with Gasteiger partial charge in [0.2, 0.25) is 0 Å². The first-order chi connectivity index (χ1) is 17.4. The molecule has 0 saturated carbocycles. The van der Waals surface area contributed by atoms with Gasteiger partial charge in [0.05, 0.1) is 33.8 Å². The van der Waals surface area contributed by atoms with E-state index in [9.17, 15) is 20.2 Å². The van der Waals surface area contributed by atoms with Crippen molar-refractivity contribution in [2.45, 2.75) is 13.5 Å². The third-order valence-corrected chi connectivity index (χ3v) is 6.50. The van der Waals surface area contributed by atoms with Gasteiger partial charge in [-0.1, -0.05) is 48.2 Å². The van der Waals surface area contributed by atoms with E-state index in [1.165, 1.54) is 29.2 Å². The Bertz CT molecular complexity index is 1410. The van der Waals surface area contributed by atoms with Crippen molar-refractivity contribution in [2.75, 3.05) is 11.5 Å². The van der Waals surface area contributed by atoms with Gasteiger partial charge in [0, 0.05) is 17.7 Å². The minimum atomic E-state index is -0.500. The predicted molar refractivity (Wildman–Crippen MR) is 142 cm³/mol. The molecular weight excluding hydrogens is 498 g/mol. The molecule has 0 unspecified atom stereocenters. The average molecular weight is 518 g/mol. The third-order valence-electron chi connectivity index (χ3n) is 5.20. The van der Waals surface area contributed by atoms with Crippen LogP contribution < -0.4 is 14.4 Å². The standard InChI is InChI=1S/C26H19N3O5S2/c1-2-33-23-13-17(7-12-22(23)34-16-19-6-4-3-5-18(19)15-27)14-24-25(30)28(26(35)36-24)20-8-10-21(11-9-20)29(31)32/h3-14H,2,16H2,1H3/b24-14-. The zero-order valence-corrected chi connectivity index (χ0v) is 20.7. The molecule has 0 aromatic heterocycles. The maximum atomic E-state index is 13.1. The molecule has 0 bridgehead atoms. The lowest BCUT2D eigenvalue weighted by Crippen LogP contribution is -2.27. The molecule has 10 heteroatoms. The number of carbonyl (C=O) groups excluding carboxylic acids is 1. The average Bonchev–Trinajstić information content (AvgIpc) is 3.16. The number of ether oxygens (including phenoxy) is 2. The lowest BCUT2D eigenvalue weighted by Gasteiger charge is -2.14. The van der Waals surface area contributed by atoms with Crippen LogP contribution in [0.25, 0.3) is 6.08 Å². The largest absolute Gasteiger partial charge is 0.490 e. The molecule has 0 aliphatic carbocycles. The van der Waals surface area contributed by atoms with E-state index in [1.807, 2.05) is 19.1 Å². The number of non-ortho nitro benzene ring substituents is 1. The van der Waals surface area contributed by atoms with Crippen molar-refractivity contribution in [3.8, 4) is 17.6 Å². The van der Waals surface area contributed by atoms with Gasteiger partial charge in [-0.25, -0.2) is 0 Å². The van der Waals surface area contributed by atoms with Crippen molar-refractivity contribution in [1.29, 1.82) is 5.26 Å². The zero-order chi connectivity index (χ0) is 25.7. The number of amides is 1. The van der Waals surface area contributed by atoms with Crippen LogP contribution in [-0.2, 0) is 11.4 Å². The molecule has 0 atom stereocenters. The van der Waals surface area contributed by atoms with Gasteiger partial charge in [-0.15, -0.1) is 0 Å². The van der Waals surface area contributed by atoms with E-state index in [0.717, 1.165) is 17.3 Å². The van der Waals surface area contributed by atoms with Gasteiger partial charge < -0.3 is 9.47 Å². The Morgan fingerprint density at radius 3 is 2.56 bits per heavy atom. The first-order valence-electron chi connectivity index (χ1n) is 10.8. The minimum Gasteiger partial charge on any atom is -0.490 e. The van der Waals surface area contributed by atoms with Crippen molar-refractivity contribution in [3.63, 3.8) is 0 Å². The molecule has 180 valence electrons. The number of thiocarbonyl (C=S) groups is 1. The van der Waals surface area contributed by atoms with Gasteiger partial charge in [0.15, 0.2) is 15.8 Å². The molecule has 4 rings (SSSR count). The van der Waals surface area contributed by atoms with Crippen molar-refractivity contribution >= 4 is 51.7 Å². The highest BCUT2D eigenvalue weighted by Gasteiger charge is 2.33. The molecule has 3 aromatic carbocycles. The second kappa shape index (κ2) is 11.0. The van der Waals surface area contributed by atoms with Crippen LogP contribution in [0.15, 0.2) is 71.6 Å². The molecule has 1 amide bonds. The summed E-state index contributed by atoms with van der Waals surface area (Å²) in [6, 6.07) is 20.3. The molecule has 36 heavy (non-hydrogen) atoms. The van der Waals surface area contributed by atoms with E-state index in [4.69, 9.17) is 21.7 Å². The molecule has 1 saturated heterocycles. The molecule has 1 fully saturated rings. The van der Waals surface area contributed by atoms with Gasteiger partial charge in [-0.2, -0.15) is 5.26 Å². The number of thioether (sulfide) groups is 1. The SMILES string of the molecule is CCOc1cc(/C=C2\SC(=S)N(c3ccc([N+](=O)[O-])cc3)C2=O)ccc1OCc1ccccc1C#N. The number of carbonyl (C=O) groups is 1. The Morgan fingerprint density at radius 2 is 1.86 bits per heavy atom. The Morgan fingerprint density at radius 1 is 1.11 bits per heavy atom. The highest BCUT2D eigenvalue weighted by atomic mass is 32.2. The summed E-state index contributed by atoms with van der Waals surface area (Å²) in [5.74, 6) is 0.706. The summed E-state index contributed by atoms with van der Waals surface area (Å²) in [5, 5.41) is 20.2. The summed E-state index contributed by atoms with van der Waals surface area (Å²) < 4.78 is 12.0. The predicted octanol–water partition coefficient (Wildman–Crippen LogP) is 5.85. The quantitative estimate of drug-likeness (QED) is 0.159. The molecule has 1 aliphatic heterocycles. The monoisotopic (exact) mass is 517 g/mol. The summed E-state index contributed by atoms with van der Waals surface area (Å²) in [6.07, 6.45) is 1.71. The Labute approximate surface area is 216 Å². The number of hydrogen-bond acceptors (Lipinski definition) is 8. The van der Waals surface area contributed by atoms with Crippen molar-refractivity contribution in [1.82, 2.24) is 0 Å². The van der Waals surface area contributed by atoms with Crippen LogP contribution >= 0.6 is 24.0 Å². The topological polar surface area (TPSA) is 106 Å². The van der Waals surface area contributed by atoms with Gasteiger partial charge >= 0.3 is 0 Å². The zero-order valence-electron chi connectivity index (χ0n) is 19.0. The van der Waals surface area contributed by atoms with Crippen LogP contribution in [0.3, 0.4) is 0 Å². The van der Waals surface area contributed by atoms with Crippen molar-refractivity contribution < 1.29 is 19.2 Å². The van der Waals surface area contributed by atoms with Crippen LogP contribution in [0.2, 0.25) is 0 Å². The Hall–Kier alpha value is -4.20. The maximum Gasteiger partial charge on any atom is 0.270 e. The fourth-order valence-electron chi connectivity index (χ4n) is 3.48. The Balaban J connectivity index is 1.55. The van der Waals surface area contributed by atoms with Crippen LogP contribution in [0.4, 0.5) is 11.4 Å².